The van der Waals surface area contributed by atoms with Gasteiger partial charge in [-0.2, -0.15) is 0 Å². The number of allylic oxidation sites excluding steroid dienone is 1. The van der Waals surface area contributed by atoms with Gasteiger partial charge in [-0.1, -0.05) is 30.3 Å². The van der Waals surface area contributed by atoms with Crippen LogP contribution in [0.5, 0.6) is 0 Å². The minimum absolute atomic E-state index is 0.142. The zero-order valence-corrected chi connectivity index (χ0v) is 11.5. The number of anilines is 1. The molecule has 2 aromatic rings. The van der Waals surface area contributed by atoms with E-state index < -0.39 is 0 Å². The topological polar surface area (TPSA) is 20.3 Å². The van der Waals surface area contributed by atoms with E-state index >= 15 is 0 Å². The number of halogens is 1. The molecule has 20 heavy (non-hydrogen) atoms. The van der Waals surface area contributed by atoms with Crippen LogP contribution in [-0.4, -0.2) is 19.9 Å². The van der Waals surface area contributed by atoms with E-state index in [9.17, 15) is 9.18 Å². The fraction of sp³-hybridized carbons (Fsp3) is 0.118. The zero-order valence-electron chi connectivity index (χ0n) is 11.5. The lowest BCUT2D eigenvalue weighted by Gasteiger charge is -2.12. The van der Waals surface area contributed by atoms with Gasteiger partial charge in [-0.15, -0.1) is 0 Å². The van der Waals surface area contributed by atoms with Gasteiger partial charge < -0.3 is 4.90 Å². The van der Waals surface area contributed by atoms with Gasteiger partial charge in [-0.3, -0.25) is 4.79 Å². The van der Waals surface area contributed by atoms with Crippen molar-refractivity contribution >= 4 is 17.5 Å². The highest BCUT2D eigenvalue weighted by Crippen LogP contribution is 2.15. The first-order chi connectivity index (χ1) is 9.58. The maximum Gasteiger partial charge on any atom is 0.185 e. The van der Waals surface area contributed by atoms with Gasteiger partial charge in [-0.25, -0.2) is 4.39 Å². The van der Waals surface area contributed by atoms with Crippen molar-refractivity contribution in [1.29, 1.82) is 0 Å². The van der Waals surface area contributed by atoms with Crippen LogP contribution in [0.4, 0.5) is 10.1 Å². The van der Waals surface area contributed by atoms with Crippen LogP contribution in [-0.2, 0) is 0 Å². The Hall–Kier alpha value is -2.42. The van der Waals surface area contributed by atoms with E-state index in [1.54, 1.807) is 24.3 Å². The molecule has 0 atom stereocenters. The van der Waals surface area contributed by atoms with Crippen molar-refractivity contribution in [3.8, 4) is 0 Å². The average molecular weight is 269 g/mol. The smallest absolute Gasteiger partial charge is 0.185 e. The van der Waals surface area contributed by atoms with E-state index in [1.807, 2.05) is 37.2 Å². The normalized spacial score (nSPS) is 10.8. The minimum Gasteiger partial charge on any atom is -0.378 e. The quantitative estimate of drug-likeness (QED) is 0.621. The first-order valence-electron chi connectivity index (χ1n) is 6.32. The van der Waals surface area contributed by atoms with Gasteiger partial charge in [0.2, 0.25) is 0 Å². The van der Waals surface area contributed by atoms with Crippen LogP contribution in [0.3, 0.4) is 0 Å². The SMILES string of the molecule is CN(C)c1cccc(C(=O)C=Cc2ccccc2F)c1. The predicted molar refractivity (Wildman–Crippen MR) is 80.5 cm³/mol. The number of nitrogens with zero attached hydrogens (tertiary/aromatic N) is 1. The summed E-state index contributed by atoms with van der Waals surface area (Å²) >= 11 is 0. The molecular formula is C17H16FNO. The molecule has 0 heterocycles. The van der Waals surface area contributed by atoms with E-state index in [1.165, 1.54) is 18.2 Å². The van der Waals surface area contributed by atoms with Crippen LogP contribution in [0.15, 0.2) is 54.6 Å². The van der Waals surface area contributed by atoms with Gasteiger partial charge in [-0.05, 0) is 30.4 Å². The van der Waals surface area contributed by atoms with E-state index in [0.717, 1.165) is 5.69 Å². The highest BCUT2D eigenvalue weighted by Gasteiger charge is 2.04. The molecule has 0 unspecified atom stereocenters. The van der Waals surface area contributed by atoms with E-state index in [2.05, 4.69) is 0 Å². The summed E-state index contributed by atoms with van der Waals surface area (Å²) in [5.41, 5.74) is 1.95. The molecule has 2 rings (SSSR count). The molecule has 0 radical (unpaired) electrons. The Morgan fingerprint density at radius 2 is 1.85 bits per heavy atom. The van der Waals surface area contributed by atoms with Crippen molar-refractivity contribution in [2.75, 3.05) is 19.0 Å². The summed E-state index contributed by atoms with van der Waals surface area (Å²) in [4.78, 5) is 14.0. The van der Waals surface area contributed by atoms with Crippen molar-refractivity contribution in [3.05, 3.63) is 71.6 Å². The van der Waals surface area contributed by atoms with Gasteiger partial charge >= 0.3 is 0 Å². The lowest BCUT2D eigenvalue weighted by atomic mass is 10.1. The first kappa shape index (κ1) is 14.0. The maximum atomic E-state index is 13.4. The summed E-state index contributed by atoms with van der Waals surface area (Å²) in [6.45, 7) is 0. The number of hydrogen-bond donors (Lipinski definition) is 0. The molecular weight excluding hydrogens is 253 g/mol. The molecule has 0 aliphatic rings. The third kappa shape index (κ3) is 3.32. The first-order valence-corrected chi connectivity index (χ1v) is 6.32. The second-order valence-corrected chi connectivity index (χ2v) is 4.66. The van der Waals surface area contributed by atoms with Gasteiger partial charge in [0.05, 0.1) is 0 Å². The van der Waals surface area contributed by atoms with Crippen molar-refractivity contribution in [1.82, 2.24) is 0 Å². The summed E-state index contributed by atoms with van der Waals surface area (Å²) in [5.74, 6) is -0.476. The molecule has 0 spiro atoms. The van der Waals surface area contributed by atoms with Crippen molar-refractivity contribution < 1.29 is 9.18 Å². The summed E-state index contributed by atoms with van der Waals surface area (Å²) in [6.07, 6.45) is 2.90. The Bertz CT molecular complexity index is 647. The zero-order chi connectivity index (χ0) is 14.5. The standard InChI is InChI=1S/C17H16FNO/c1-19(2)15-8-5-7-14(12-15)17(20)11-10-13-6-3-4-9-16(13)18/h3-12H,1-2H3. The summed E-state index contributed by atoms with van der Waals surface area (Å²) in [6, 6.07) is 13.7. The van der Waals surface area contributed by atoms with Crippen LogP contribution in [0.25, 0.3) is 6.08 Å². The molecule has 0 bridgehead atoms. The van der Waals surface area contributed by atoms with Crippen LogP contribution in [0, 0.1) is 5.82 Å². The molecule has 2 aromatic carbocycles. The number of benzene rings is 2. The van der Waals surface area contributed by atoms with Gasteiger partial charge in [0.25, 0.3) is 0 Å². The Morgan fingerprint density at radius 3 is 2.55 bits per heavy atom. The molecule has 0 saturated heterocycles. The number of ketones is 1. The third-order valence-electron chi connectivity index (χ3n) is 2.97. The fourth-order valence-corrected chi connectivity index (χ4v) is 1.81. The molecule has 102 valence electrons. The third-order valence-corrected chi connectivity index (χ3v) is 2.97. The molecule has 0 aromatic heterocycles. The molecule has 0 fully saturated rings. The van der Waals surface area contributed by atoms with Gasteiger partial charge in [0.1, 0.15) is 5.82 Å². The van der Waals surface area contributed by atoms with Gasteiger partial charge in [0, 0.05) is 30.9 Å². The number of rotatable bonds is 4. The Kier molecular flexibility index (Phi) is 4.31. The lowest BCUT2D eigenvalue weighted by Crippen LogP contribution is -2.09. The molecule has 3 heteroatoms. The summed E-state index contributed by atoms with van der Waals surface area (Å²) in [5, 5.41) is 0. The summed E-state index contributed by atoms with van der Waals surface area (Å²) < 4.78 is 13.4. The molecule has 0 N–H and O–H groups in total. The Balaban J connectivity index is 2.20. The molecule has 2 nitrogen and oxygen atoms in total. The molecule has 0 saturated carbocycles. The van der Waals surface area contributed by atoms with E-state index in [0.29, 0.717) is 11.1 Å². The maximum absolute atomic E-state index is 13.4. The highest BCUT2D eigenvalue weighted by atomic mass is 19.1. The van der Waals surface area contributed by atoms with Crippen LogP contribution in [0.1, 0.15) is 15.9 Å². The number of hydrogen-bond acceptors (Lipinski definition) is 2. The average Bonchev–Trinajstić information content (AvgIpc) is 2.46. The summed E-state index contributed by atoms with van der Waals surface area (Å²) in [7, 11) is 3.83. The van der Waals surface area contributed by atoms with Crippen LogP contribution < -0.4 is 4.90 Å². The van der Waals surface area contributed by atoms with E-state index in [4.69, 9.17) is 0 Å². The number of carbonyl (C=O) groups excluding carboxylic acids is 1. The van der Waals surface area contributed by atoms with Gasteiger partial charge in [0.15, 0.2) is 5.78 Å². The Morgan fingerprint density at radius 1 is 1.10 bits per heavy atom. The molecule has 0 aliphatic carbocycles. The highest BCUT2D eigenvalue weighted by molar-refractivity contribution is 6.07. The van der Waals surface area contributed by atoms with Crippen molar-refractivity contribution in [2.24, 2.45) is 0 Å². The monoisotopic (exact) mass is 269 g/mol. The molecule has 0 aliphatic heterocycles. The fourth-order valence-electron chi connectivity index (χ4n) is 1.81. The van der Waals surface area contributed by atoms with E-state index in [-0.39, 0.29) is 11.6 Å². The Labute approximate surface area is 118 Å². The number of carbonyl (C=O) groups is 1. The largest absolute Gasteiger partial charge is 0.378 e. The lowest BCUT2D eigenvalue weighted by molar-refractivity contribution is 0.104. The van der Waals surface area contributed by atoms with Crippen molar-refractivity contribution in [3.63, 3.8) is 0 Å². The molecule has 0 amide bonds. The van der Waals surface area contributed by atoms with Crippen LogP contribution >= 0.6 is 0 Å². The second-order valence-electron chi connectivity index (χ2n) is 4.66. The predicted octanol–water partition coefficient (Wildman–Crippen LogP) is 3.79. The minimum atomic E-state index is -0.335. The van der Waals surface area contributed by atoms with Crippen LogP contribution in [0.2, 0.25) is 0 Å². The second kappa shape index (κ2) is 6.15. The van der Waals surface area contributed by atoms with Crippen molar-refractivity contribution in [2.45, 2.75) is 0 Å².